The summed E-state index contributed by atoms with van der Waals surface area (Å²) in [4.78, 5) is 61.5. The molecule has 11 nitrogen and oxygen atoms in total. The Morgan fingerprint density at radius 1 is 1.20 bits per heavy atom. The molecule has 1 aromatic carbocycles. The third kappa shape index (κ3) is 4.39. The van der Waals surface area contributed by atoms with Gasteiger partial charge in [0.2, 0.25) is 5.91 Å². The van der Waals surface area contributed by atoms with Crippen LogP contribution in [-0.2, 0) is 9.53 Å². The molecule has 0 bridgehead atoms. The maximum atomic E-state index is 12.5. The summed E-state index contributed by atoms with van der Waals surface area (Å²) in [5, 5.41) is 13.6. The van der Waals surface area contributed by atoms with Gasteiger partial charge in [-0.2, -0.15) is 0 Å². The minimum atomic E-state index is -0.622. The second kappa shape index (κ2) is 8.89. The number of non-ortho nitro benzene ring substituents is 1. The fourth-order valence-electron chi connectivity index (χ4n) is 3.64. The summed E-state index contributed by atoms with van der Waals surface area (Å²) < 4.78 is 4.56. The second-order valence-electron chi connectivity index (χ2n) is 7.14. The zero-order chi connectivity index (χ0) is 21.8. The van der Waals surface area contributed by atoms with Crippen LogP contribution in [0.4, 0.5) is 10.5 Å². The average molecular weight is 418 g/mol. The first-order valence-electron chi connectivity index (χ1n) is 9.58. The quantitative estimate of drug-likeness (QED) is 0.417. The van der Waals surface area contributed by atoms with Crippen molar-refractivity contribution in [3.05, 3.63) is 39.4 Å². The smallest absolute Gasteiger partial charge is 0.407 e. The fourth-order valence-corrected chi connectivity index (χ4v) is 3.64. The van der Waals surface area contributed by atoms with Crippen molar-refractivity contribution in [3.63, 3.8) is 0 Å². The lowest BCUT2D eigenvalue weighted by Crippen LogP contribution is -2.46. The topological polar surface area (TPSA) is 139 Å². The van der Waals surface area contributed by atoms with Crippen LogP contribution in [0.15, 0.2) is 18.2 Å². The number of nitrogens with zero attached hydrogens (tertiary/aromatic N) is 3. The summed E-state index contributed by atoms with van der Waals surface area (Å²) in [7, 11) is 1.30. The number of likely N-dealkylation sites (tertiary alicyclic amines) is 1. The number of nitrogens with one attached hydrogen (secondary N) is 1. The number of fused-ring (bicyclic) bond motifs is 1. The first-order valence-corrected chi connectivity index (χ1v) is 9.58. The van der Waals surface area contributed by atoms with Crippen molar-refractivity contribution < 1.29 is 28.8 Å². The van der Waals surface area contributed by atoms with Gasteiger partial charge < -0.3 is 15.0 Å². The number of alkyl carbamates (subject to hydrolysis) is 1. The molecule has 0 unspecified atom stereocenters. The Kier molecular flexibility index (Phi) is 6.28. The van der Waals surface area contributed by atoms with E-state index >= 15 is 0 Å². The van der Waals surface area contributed by atoms with Gasteiger partial charge in [-0.1, -0.05) is 0 Å². The van der Waals surface area contributed by atoms with Crippen molar-refractivity contribution in [2.45, 2.75) is 31.7 Å². The molecular weight excluding hydrogens is 396 g/mol. The molecule has 0 spiro atoms. The Morgan fingerprint density at radius 2 is 1.87 bits per heavy atom. The molecule has 2 aliphatic rings. The number of piperidine rings is 1. The minimum Gasteiger partial charge on any atom is -0.453 e. The van der Waals surface area contributed by atoms with E-state index in [0.717, 1.165) is 11.0 Å². The fraction of sp³-hybridized carbons (Fsp3) is 0.474. The van der Waals surface area contributed by atoms with Gasteiger partial charge in [0, 0.05) is 44.2 Å². The summed E-state index contributed by atoms with van der Waals surface area (Å²) in [6, 6.07) is 3.54. The number of rotatable bonds is 6. The minimum absolute atomic E-state index is 0.0145. The molecule has 0 radical (unpaired) electrons. The van der Waals surface area contributed by atoms with Gasteiger partial charge in [-0.15, -0.1) is 0 Å². The lowest BCUT2D eigenvalue weighted by Gasteiger charge is -2.32. The summed E-state index contributed by atoms with van der Waals surface area (Å²) in [6.45, 7) is 1.07. The van der Waals surface area contributed by atoms with Crippen molar-refractivity contribution in [1.29, 1.82) is 0 Å². The molecule has 2 aliphatic heterocycles. The number of nitro benzene ring substituents is 1. The van der Waals surface area contributed by atoms with Gasteiger partial charge in [-0.3, -0.25) is 29.4 Å². The summed E-state index contributed by atoms with van der Waals surface area (Å²) in [6.07, 6.45) is 1.22. The highest BCUT2D eigenvalue weighted by Crippen LogP contribution is 2.27. The zero-order valence-electron chi connectivity index (χ0n) is 16.5. The molecule has 30 heavy (non-hydrogen) atoms. The first-order chi connectivity index (χ1) is 14.3. The van der Waals surface area contributed by atoms with E-state index in [9.17, 15) is 29.3 Å². The first kappa shape index (κ1) is 21.2. The molecule has 4 amide bonds. The molecule has 0 aliphatic carbocycles. The Morgan fingerprint density at radius 3 is 2.50 bits per heavy atom. The van der Waals surface area contributed by atoms with E-state index in [1.807, 2.05) is 0 Å². The van der Waals surface area contributed by atoms with Crippen LogP contribution in [0.3, 0.4) is 0 Å². The Labute approximate surface area is 172 Å². The molecule has 1 saturated heterocycles. The van der Waals surface area contributed by atoms with E-state index in [-0.39, 0.29) is 41.7 Å². The Balaban J connectivity index is 1.48. The van der Waals surface area contributed by atoms with Crippen LogP contribution < -0.4 is 5.32 Å². The lowest BCUT2D eigenvalue weighted by molar-refractivity contribution is -0.384. The molecule has 2 heterocycles. The SMILES string of the molecule is COC(=O)NC1CCN(C(=O)CCCN2C(=O)c3ccc([N+](=O)[O-])cc3C2=O)CC1. The number of nitro groups is 1. The number of methoxy groups -OCH3 is 1. The number of amides is 4. The van der Waals surface area contributed by atoms with Crippen LogP contribution in [0.5, 0.6) is 0 Å². The Hall–Kier alpha value is -3.50. The number of benzene rings is 1. The van der Waals surface area contributed by atoms with E-state index in [4.69, 9.17) is 0 Å². The monoisotopic (exact) mass is 418 g/mol. The van der Waals surface area contributed by atoms with Crippen LogP contribution in [0.25, 0.3) is 0 Å². The second-order valence-corrected chi connectivity index (χ2v) is 7.14. The third-order valence-electron chi connectivity index (χ3n) is 5.29. The summed E-state index contributed by atoms with van der Waals surface area (Å²) >= 11 is 0. The normalized spacial score (nSPS) is 16.4. The van der Waals surface area contributed by atoms with Gasteiger partial charge >= 0.3 is 6.09 Å². The molecule has 1 N–H and O–H groups in total. The Bertz CT molecular complexity index is 893. The highest BCUT2D eigenvalue weighted by Gasteiger charge is 2.36. The van der Waals surface area contributed by atoms with Crippen molar-refractivity contribution in [2.75, 3.05) is 26.7 Å². The zero-order valence-corrected chi connectivity index (χ0v) is 16.5. The van der Waals surface area contributed by atoms with Gasteiger partial charge in [0.05, 0.1) is 23.2 Å². The number of carbonyl (C=O) groups is 4. The van der Waals surface area contributed by atoms with Crippen LogP contribution in [0.1, 0.15) is 46.4 Å². The van der Waals surface area contributed by atoms with Crippen LogP contribution in [-0.4, -0.2) is 71.3 Å². The lowest BCUT2D eigenvalue weighted by atomic mass is 10.0. The molecule has 0 saturated carbocycles. The predicted octanol–water partition coefficient (Wildman–Crippen LogP) is 1.32. The van der Waals surface area contributed by atoms with Gasteiger partial charge in [-0.25, -0.2) is 4.79 Å². The van der Waals surface area contributed by atoms with Gasteiger partial charge in [0.1, 0.15) is 0 Å². The highest BCUT2D eigenvalue weighted by molar-refractivity contribution is 6.21. The standard InChI is InChI=1S/C19H22N4O7/c1-30-19(27)20-12-6-9-21(10-7-12)16(24)3-2-8-22-17(25)14-5-4-13(23(28)29)11-15(14)18(22)26/h4-5,11-12H,2-3,6-10H2,1H3,(H,20,27). The van der Waals surface area contributed by atoms with Crippen molar-refractivity contribution in [2.24, 2.45) is 0 Å². The molecule has 0 aromatic heterocycles. The van der Waals surface area contributed by atoms with E-state index < -0.39 is 22.8 Å². The van der Waals surface area contributed by atoms with Crippen molar-refractivity contribution in [3.8, 4) is 0 Å². The van der Waals surface area contributed by atoms with Crippen LogP contribution in [0.2, 0.25) is 0 Å². The van der Waals surface area contributed by atoms with Crippen LogP contribution >= 0.6 is 0 Å². The number of hydrogen-bond donors (Lipinski definition) is 1. The molecule has 11 heteroatoms. The number of imide groups is 1. The van der Waals surface area contributed by atoms with E-state index in [0.29, 0.717) is 32.4 Å². The van der Waals surface area contributed by atoms with Gasteiger partial charge in [-0.05, 0) is 25.3 Å². The highest BCUT2D eigenvalue weighted by atomic mass is 16.6. The largest absolute Gasteiger partial charge is 0.453 e. The maximum Gasteiger partial charge on any atom is 0.407 e. The number of carbonyl (C=O) groups excluding carboxylic acids is 4. The molecule has 1 fully saturated rings. The third-order valence-corrected chi connectivity index (χ3v) is 5.29. The van der Waals surface area contributed by atoms with Gasteiger partial charge in [0.25, 0.3) is 17.5 Å². The summed E-state index contributed by atoms with van der Waals surface area (Å²) in [5.41, 5.74) is -0.102. The molecule has 1 aromatic rings. The molecular formula is C19H22N4O7. The van der Waals surface area contributed by atoms with Crippen LogP contribution in [0, 0.1) is 10.1 Å². The number of hydrogen-bond acceptors (Lipinski definition) is 7. The molecule has 0 atom stereocenters. The van der Waals surface area contributed by atoms with E-state index in [1.54, 1.807) is 4.90 Å². The summed E-state index contributed by atoms with van der Waals surface area (Å²) in [5.74, 6) is -1.17. The molecule has 3 rings (SSSR count). The average Bonchev–Trinajstić information content (AvgIpc) is 2.98. The molecule has 160 valence electrons. The number of ether oxygens (including phenoxy) is 1. The van der Waals surface area contributed by atoms with Gasteiger partial charge in [0.15, 0.2) is 0 Å². The predicted molar refractivity (Wildman–Crippen MR) is 103 cm³/mol. The van der Waals surface area contributed by atoms with E-state index in [2.05, 4.69) is 10.1 Å². The van der Waals surface area contributed by atoms with Crippen molar-refractivity contribution >= 4 is 29.5 Å². The van der Waals surface area contributed by atoms with Crippen molar-refractivity contribution in [1.82, 2.24) is 15.1 Å². The maximum absolute atomic E-state index is 12.5. The van der Waals surface area contributed by atoms with E-state index in [1.165, 1.54) is 19.2 Å².